The Morgan fingerprint density at radius 3 is 1.93 bits per heavy atom. The van der Waals surface area contributed by atoms with E-state index in [0.29, 0.717) is 5.71 Å². The Balaban J connectivity index is 1.34. The lowest BCUT2D eigenvalue weighted by Crippen LogP contribution is -2.03. The fraction of sp³-hybridized carbons (Fsp3) is 0. The maximum absolute atomic E-state index is 6.34. The van der Waals surface area contributed by atoms with Crippen LogP contribution in [-0.4, -0.2) is 14.5 Å². The van der Waals surface area contributed by atoms with Crippen molar-refractivity contribution < 1.29 is 4.42 Å². The van der Waals surface area contributed by atoms with Gasteiger partial charge in [0.1, 0.15) is 16.8 Å². The Morgan fingerprint density at radius 2 is 1.11 bits per heavy atom. The van der Waals surface area contributed by atoms with E-state index in [9.17, 15) is 0 Å². The van der Waals surface area contributed by atoms with Crippen LogP contribution in [0.2, 0.25) is 0 Å². The standard InChI is InChI=1S/C42H25N3O/c1-2-10-26(11-3-1)27-18-20-29(21-19-27)39-41(44-42-40(43-39)33-16-8-9-17-37(33)46-42)45-35-23-22-28-12-6-7-15-32(28)38(35)34-24-30-13-4-5-14-31(30)25-36(34)45/h1-25H. The number of fused-ring (bicyclic) bond motifs is 9. The zero-order valence-electron chi connectivity index (χ0n) is 24.7. The Kier molecular flexibility index (Phi) is 5.25. The summed E-state index contributed by atoms with van der Waals surface area (Å²) in [4.78, 5) is 10.7. The minimum atomic E-state index is 0.525. The predicted octanol–water partition coefficient (Wildman–Crippen LogP) is 11.1. The van der Waals surface area contributed by atoms with Gasteiger partial charge in [-0.2, -0.15) is 4.98 Å². The van der Waals surface area contributed by atoms with E-state index in [1.807, 2.05) is 24.3 Å². The Hall–Kier alpha value is -6.26. The average Bonchev–Trinajstić information content (AvgIpc) is 3.65. The highest BCUT2D eigenvalue weighted by molar-refractivity contribution is 6.23. The van der Waals surface area contributed by atoms with Crippen LogP contribution in [0, 0.1) is 0 Å². The summed E-state index contributed by atoms with van der Waals surface area (Å²) in [7, 11) is 0. The van der Waals surface area contributed by atoms with Gasteiger partial charge >= 0.3 is 0 Å². The maximum Gasteiger partial charge on any atom is 0.248 e. The third-order valence-corrected chi connectivity index (χ3v) is 9.19. The monoisotopic (exact) mass is 587 g/mol. The topological polar surface area (TPSA) is 43.9 Å². The predicted molar refractivity (Wildman–Crippen MR) is 190 cm³/mol. The van der Waals surface area contributed by atoms with Gasteiger partial charge in [-0.05, 0) is 63.0 Å². The van der Waals surface area contributed by atoms with Gasteiger partial charge in [0.05, 0.1) is 11.0 Å². The number of rotatable bonds is 3. The van der Waals surface area contributed by atoms with Gasteiger partial charge in [0.2, 0.25) is 5.71 Å². The number of aromatic nitrogens is 3. The molecular formula is C42H25N3O. The third-order valence-electron chi connectivity index (χ3n) is 9.19. The zero-order valence-corrected chi connectivity index (χ0v) is 24.7. The summed E-state index contributed by atoms with van der Waals surface area (Å²) in [6.45, 7) is 0. The molecule has 0 fully saturated rings. The second-order valence-corrected chi connectivity index (χ2v) is 11.8. The molecule has 10 rings (SSSR count). The molecule has 0 spiro atoms. The molecule has 0 radical (unpaired) electrons. The molecule has 4 nitrogen and oxygen atoms in total. The highest BCUT2D eigenvalue weighted by atomic mass is 16.3. The molecule has 0 saturated heterocycles. The second-order valence-electron chi connectivity index (χ2n) is 11.8. The number of nitrogens with zero attached hydrogens (tertiary/aromatic N) is 3. The molecule has 0 aliphatic rings. The molecule has 10 aromatic rings. The van der Waals surface area contributed by atoms with Crippen molar-refractivity contribution in [2.75, 3.05) is 0 Å². The van der Waals surface area contributed by atoms with Crippen molar-refractivity contribution >= 4 is 65.6 Å². The van der Waals surface area contributed by atoms with Crippen LogP contribution in [-0.2, 0) is 0 Å². The molecule has 46 heavy (non-hydrogen) atoms. The van der Waals surface area contributed by atoms with Gasteiger partial charge in [0, 0.05) is 21.7 Å². The first-order valence-corrected chi connectivity index (χ1v) is 15.5. The number of furan rings is 1. The molecule has 4 heteroatoms. The number of hydrogen-bond acceptors (Lipinski definition) is 3. The number of hydrogen-bond donors (Lipinski definition) is 0. The van der Waals surface area contributed by atoms with Gasteiger partial charge in [-0.3, -0.25) is 4.57 Å². The fourth-order valence-electron chi connectivity index (χ4n) is 7.02. The maximum atomic E-state index is 6.34. The van der Waals surface area contributed by atoms with E-state index < -0.39 is 0 Å². The van der Waals surface area contributed by atoms with E-state index in [-0.39, 0.29) is 0 Å². The molecule has 0 bridgehead atoms. The summed E-state index contributed by atoms with van der Waals surface area (Å²) in [5.74, 6) is 0.740. The third kappa shape index (κ3) is 3.67. The van der Waals surface area contributed by atoms with Crippen LogP contribution in [0.5, 0.6) is 0 Å². The van der Waals surface area contributed by atoms with Crippen molar-refractivity contribution in [2.45, 2.75) is 0 Å². The summed E-state index contributed by atoms with van der Waals surface area (Å²) in [6, 6.07) is 53.3. The van der Waals surface area contributed by atoms with E-state index in [4.69, 9.17) is 14.4 Å². The Bertz CT molecular complexity index is 2790. The summed E-state index contributed by atoms with van der Waals surface area (Å²) < 4.78 is 8.62. The van der Waals surface area contributed by atoms with Crippen molar-refractivity contribution in [3.63, 3.8) is 0 Å². The number of benzene rings is 7. The highest BCUT2D eigenvalue weighted by Gasteiger charge is 2.23. The molecule has 0 aliphatic carbocycles. The molecule has 0 saturated carbocycles. The molecule has 214 valence electrons. The minimum absolute atomic E-state index is 0.525. The molecule has 3 aromatic heterocycles. The molecular weight excluding hydrogens is 562 g/mol. The van der Waals surface area contributed by atoms with Gasteiger partial charge in [0.15, 0.2) is 5.82 Å². The van der Waals surface area contributed by atoms with Crippen molar-refractivity contribution in [1.82, 2.24) is 14.5 Å². The lowest BCUT2D eigenvalue weighted by atomic mass is 10.0. The largest absolute Gasteiger partial charge is 0.436 e. The van der Waals surface area contributed by atoms with Crippen molar-refractivity contribution in [3.8, 4) is 28.2 Å². The van der Waals surface area contributed by atoms with Crippen LogP contribution in [0.15, 0.2) is 156 Å². The van der Waals surface area contributed by atoms with E-state index >= 15 is 0 Å². The average molecular weight is 588 g/mol. The van der Waals surface area contributed by atoms with E-state index in [1.54, 1.807) is 0 Å². The smallest absolute Gasteiger partial charge is 0.248 e. The Labute approximate surface area is 263 Å². The molecule has 0 amide bonds. The zero-order chi connectivity index (χ0) is 30.2. The Morgan fingerprint density at radius 1 is 0.457 bits per heavy atom. The van der Waals surface area contributed by atoms with E-state index in [2.05, 4.69) is 132 Å². The molecule has 3 heterocycles. The summed E-state index contributed by atoms with van der Waals surface area (Å²) in [6.07, 6.45) is 0. The van der Waals surface area contributed by atoms with Crippen LogP contribution in [0.1, 0.15) is 0 Å². The summed E-state index contributed by atoms with van der Waals surface area (Å²) in [5.41, 5.74) is 8.36. The second kappa shape index (κ2) is 9.62. The molecule has 7 aromatic carbocycles. The normalized spacial score (nSPS) is 11.9. The lowest BCUT2D eigenvalue weighted by Gasteiger charge is -2.13. The molecule has 0 aliphatic heterocycles. The molecule has 0 atom stereocenters. The first-order valence-electron chi connectivity index (χ1n) is 15.5. The van der Waals surface area contributed by atoms with E-state index in [0.717, 1.165) is 50.2 Å². The fourth-order valence-corrected chi connectivity index (χ4v) is 7.02. The van der Waals surface area contributed by atoms with Crippen LogP contribution in [0.3, 0.4) is 0 Å². The van der Waals surface area contributed by atoms with Gasteiger partial charge in [-0.1, -0.05) is 121 Å². The first kappa shape index (κ1) is 25.1. The van der Waals surface area contributed by atoms with Gasteiger partial charge in [0.25, 0.3) is 0 Å². The molecule has 0 N–H and O–H groups in total. The SMILES string of the molecule is c1ccc(-c2ccc(-c3nc4c(nc3-n3c5cc6ccccc6cc5c5c6ccccc6ccc53)oc3ccccc34)cc2)cc1. The van der Waals surface area contributed by atoms with Crippen LogP contribution >= 0.6 is 0 Å². The quantitative estimate of drug-likeness (QED) is 0.207. The first-order chi connectivity index (χ1) is 22.8. The van der Waals surface area contributed by atoms with Crippen molar-refractivity contribution in [2.24, 2.45) is 0 Å². The van der Waals surface area contributed by atoms with E-state index in [1.165, 1.54) is 37.9 Å². The number of para-hydroxylation sites is 1. The lowest BCUT2D eigenvalue weighted by molar-refractivity contribution is 0.652. The van der Waals surface area contributed by atoms with Gasteiger partial charge in [-0.25, -0.2) is 4.98 Å². The summed E-state index contributed by atoms with van der Waals surface area (Å²) >= 11 is 0. The van der Waals surface area contributed by atoms with Gasteiger partial charge < -0.3 is 4.42 Å². The van der Waals surface area contributed by atoms with Crippen LogP contribution in [0.25, 0.3) is 93.8 Å². The van der Waals surface area contributed by atoms with Gasteiger partial charge in [-0.15, -0.1) is 0 Å². The highest BCUT2D eigenvalue weighted by Crippen LogP contribution is 2.41. The van der Waals surface area contributed by atoms with Crippen molar-refractivity contribution in [1.29, 1.82) is 0 Å². The minimum Gasteiger partial charge on any atom is -0.436 e. The van der Waals surface area contributed by atoms with Crippen LogP contribution in [0.4, 0.5) is 0 Å². The van der Waals surface area contributed by atoms with Crippen LogP contribution < -0.4 is 0 Å². The molecule has 0 unspecified atom stereocenters. The van der Waals surface area contributed by atoms with Crippen molar-refractivity contribution in [3.05, 3.63) is 152 Å². The summed E-state index contributed by atoms with van der Waals surface area (Å²) in [5, 5.41) is 8.15.